The highest BCUT2D eigenvalue weighted by Crippen LogP contribution is 2.35. The van der Waals surface area contributed by atoms with E-state index in [1.807, 2.05) is 41.3 Å². The lowest BCUT2D eigenvalue weighted by atomic mass is 9.93. The Morgan fingerprint density at radius 2 is 1.86 bits per heavy atom. The second kappa shape index (κ2) is 7.91. The summed E-state index contributed by atoms with van der Waals surface area (Å²) in [6.07, 6.45) is 0.0913. The predicted molar refractivity (Wildman–Crippen MR) is 106 cm³/mol. The van der Waals surface area contributed by atoms with Crippen LogP contribution in [-0.4, -0.2) is 49.8 Å². The number of hydrogen-bond acceptors (Lipinski definition) is 4. The van der Waals surface area contributed by atoms with Crippen LogP contribution < -0.4 is 15.4 Å². The Hall–Kier alpha value is -2.41. The van der Waals surface area contributed by atoms with Gasteiger partial charge in [0, 0.05) is 56.3 Å². The van der Waals surface area contributed by atoms with Crippen molar-refractivity contribution >= 4 is 11.5 Å². The standard InChI is InChI=1S/C21H25F2N3O2/c22-21(23)6-7-26(18(15-21)12-16-4-2-1-3-5-16)19-13-17(14-20(27)24-19)25-8-10-28-11-9-25/h1-5,13-14,18H,6-12,15H2,(H,24,27). The molecule has 0 saturated carbocycles. The minimum absolute atomic E-state index is 0.206. The normalized spacial score (nSPS) is 22.3. The lowest BCUT2D eigenvalue weighted by molar-refractivity contribution is -0.0338. The van der Waals surface area contributed by atoms with E-state index in [0.29, 0.717) is 38.5 Å². The van der Waals surface area contributed by atoms with Crippen molar-refractivity contribution in [1.29, 1.82) is 0 Å². The van der Waals surface area contributed by atoms with Gasteiger partial charge in [-0.1, -0.05) is 30.3 Å². The first kappa shape index (κ1) is 18.9. The van der Waals surface area contributed by atoms with Gasteiger partial charge >= 0.3 is 0 Å². The quantitative estimate of drug-likeness (QED) is 0.873. The first-order valence-electron chi connectivity index (χ1n) is 9.76. The highest BCUT2D eigenvalue weighted by molar-refractivity contribution is 5.56. The zero-order valence-electron chi connectivity index (χ0n) is 15.7. The fourth-order valence-corrected chi connectivity index (χ4v) is 4.08. The van der Waals surface area contributed by atoms with E-state index in [2.05, 4.69) is 9.88 Å². The van der Waals surface area contributed by atoms with Crippen molar-refractivity contribution in [2.24, 2.45) is 0 Å². The Morgan fingerprint density at radius 1 is 1.11 bits per heavy atom. The maximum absolute atomic E-state index is 14.2. The molecule has 5 nitrogen and oxygen atoms in total. The largest absolute Gasteiger partial charge is 0.378 e. The number of anilines is 2. The van der Waals surface area contributed by atoms with E-state index in [0.717, 1.165) is 11.3 Å². The smallest absolute Gasteiger partial charge is 0.251 e. The van der Waals surface area contributed by atoms with E-state index in [1.165, 1.54) is 0 Å². The van der Waals surface area contributed by atoms with Crippen molar-refractivity contribution in [1.82, 2.24) is 4.98 Å². The van der Waals surface area contributed by atoms with Gasteiger partial charge in [-0.15, -0.1) is 0 Å². The maximum Gasteiger partial charge on any atom is 0.251 e. The van der Waals surface area contributed by atoms with Crippen molar-refractivity contribution in [3.05, 3.63) is 58.4 Å². The average molecular weight is 389 g/mol. The third kappa shape index (κ3) is 4.35. The second-order valence-electron chi connectivity index (χ2n) is 7.53. The molecule has 1 unspecified atom stereocenters. The number of ether oxygens (including phenoxy) is 1. The van der Waals surface area contributed by atoms with E-state index in [1.54, 1.807) is 6.07 Å². The highest BCUT2D eigenvalue weighted by Gasteiger charge is 2.40. The molecule has 0 spiro atoms. The number of halogens is 2. The Balaban J connectivity index is 1.63. The summed E-state index contributed by atoms with van der Waals surface area (Å²) >= 11 is 0. The van der Waals surface area contributed by atoms with Crippen LogP contribution in [0.2, 0.25) is 0 Å². The van der Waals surface area contributed by atoms with Crippen LogP contribution in [0.4, 0.5) is 20.3 Å². The van der Waals surface area contributed by atoms with Gasteiger partial charge in [0.1, 0.15) is 5.82 Å². The van der Waals surface area contributed by atoms with Crippen molar-refractivity contribution in [2.75, 3.05) is 42.6 Å². The summed E-state index contributed by atoms with van der Waals surface area (Å²) in [4.78, 5) is 19.2. The number of aromatic amines is 1. The van der Waals surface area contributed by atoms with E-state index in [9.17, 15) is 13.6 Å². The van der Waals surface area contributed by atoms with Crippen LogP contribution >= 0.6 is 0 Å². The molecule has 1 N–H and O–H groups in total. The van der Waals surface area contributed by atoms with Crippen molar-refractivity contribution < 1.29 is 13.5 Å². The zero-order chi connectivity index (χ0) is 19.6. The summed E-state index contributed by atoms with van der Waals surface area (Å²) in [6.45, 7) is 2.89. The SMILES string of the molecule is O=c1cc(N2CCOCC2)cc(N2CCC(F)(F)CC2Cc2ccccc2)[nH]1. The van der Waals surface area contributed by atoms with E-state index in [-0.39, 0.29) is 31.0 Å². The molecule has 150 valence electrons. The molecule has 2 fully saturated rings. The summed E-state index contributed by atoms with van der Waals surface area (Å²) in [6, 6.07) is 12.8. The first-order valence-corrected chi connectivity index (χ1v) is 9.76. The minimum Gasteiger partial charge on any atom is -0.378 e. The van der Waals surface area contributed by atoms with Gasteiger partial charge in [0.15, 0.2) is 0 Å². The molecule has 0 amide bonds. The van der Waals surface area contributed by atoms with Gasteiger partial charge in [0.25, 0.3) is 11.5 Å². The van der Waals surface area contributed by atoms with E-state index < -0.39 is 5.92 Å². The van der Waals surface area contributed by atoms with Crippen LogP contribution in [0.5, 0.6) is 0 Å². The molecule has 0 bridgehead atoms. The molecule has 2 aliphatic rings. The topological polar surface area (TPSA) is 48.6 Å². The van der Waals surface area contributed by atoms with Gasteiger partial charge in [0.05, 0.1) is 13.2 Å². The van der Waals surface area contributed by atoms with Crippen LogP contribution in [0.3, 0.4) is 0 Å². The monoisotopic (exact) mass is 389 g/mol. The second-order valence-corrected chi connectivity index (χ2v) is 7.53. The molecular weight excluding hydrogens is 364 g/mol. The summed E-state index contributed by atoms with van der Waals surface area (Å²) in [5, 5.41) is 0. The number of benzene rings is 1. The summed E-state index contributed by atoms with van der Waals surface area (Å²) < 4.78 is 33.7. The number of morpholine rings is 1. The van der Waals surface area contributed by atoms with Crippen LogP contribution in [-0.2, 0) is 11.2 Å². The number of hydrogen-bond donors (Lipinski definition) is 1. The number of H-pyrrole nitrogens is 1. The van der Waals surface area contributed by atoms with E-state index >= 15 is 0 Å². The number of alkyl halides is 2. The van der Waals surface area contributed by atoms with Crippen molar-refractivity contribution in [2.45, 2.75) is 31.2 Å². The lowest BCUT2D eigenvalue weighted by Crippen LogP contribution is -2.49. The summed E-state index contributed by atoms with van der Waals surface area (Å²) in [7, 11) is 0. The average Bonchev–Trinajstić information content (AvgIpc) is 2.68. The molecule has 2 saturated heterocycles. The minimum atomic E-state index is -2.68. The van der Waals surface area contributed by atoms with Gasteiger partial charge in [0.2, 0.25) is 0 Å². The number of rotatable bonds is 4. The molecule has 28 heavy (non-hydrogen) atoms. The van der Waals surface area contributed by atoms with Crippen LogP contribution in [0.1, 0.15) is 18.4 Å². The van der Waals surface area contributed by atoms with Crippen molar-refractivity contribution in [3.8, 4) is 0 Å². The number of nitrogens with one attached hydrogen (secondary N) is 1. The Morgan fingerprint density at radius 3 is 2.61 bits per heavy atom. The zero-order valence-corrected chi connectivity index (χ0v) is 15.7. The fourth-order valence-electron chi connectivity index (χ4n) is 4.08. The molecular formula is C21H25F2N3O2. The molecule has 1 aromatic heterocycles. The number of pyridine rings is 1. The molecule has 3 heterocycles. The van der Waals surface area contributed by atoms with Crippen LogP contribution in [0.25, 0.3) is 0 Å². The Labute approximate surface area is 162 Å². The molecule has 2 aliphatic heterocycles. The molecule has 0 radical (unpaired) electrons. The predicted octanol–water partition coefficient (Wildman–Crippen LogP) is 3.06. The van der Waals surface area contributed by atoms with Gasteiger partial charge in [-0.3, -0.25) is 4.79 Å². The van der Waals surface area contributed by atoms with E-state index in [4.69, 9.17) is 4.74 Å². The summed E-state index contributed by atoms with van der Waals surface area (Å²) in [5.74, 6) is -2.07. The third-order valence-electron chi connectivity index (χ3n) is 5.51. The summed E-state index contributed by atoms with van der Waals surface area (Å²) in [5.41, 5.74) is 1.62. The molecule has 0 aliphatic carbocycles. The number of nitrogens with zero attached hydrogens (tertiary/aromatic N) is 2. The number of aromatic nitrogens is 1. The molecule has 1 aromatic carbocycles. The number of piperidine rings is 1. The molecule has 4 rings (SSSR count). The molecule has 7 heteroatoms. The molecule has 1 atom stereocenters. The van der Waals surface area contributed by atoms with Crippen LogP contribution in [0, 0.1) is 0 Å². The maximum atomic E-state index is 14.2. The van der Waals surface area contributed by atoms with Gasteiger partial charge < -0.3 is 19.5 Å². The van der Waals surface area contributed by atoms with Gasteiger partial charge in [-0.05, 0) is 12.0 Å². The lowest BCUT2D eigenvalue weighted by Gasteiger charge is -2.41. The fraction of sp³-hybridized carbons (Fsp3) is 0.476. The Kier molecular flexibility index (Phi) is 5.35. The van der Waals surface area contributed by atoms with Gasteiger partial charge in [-0.2, -0.15) is 0 Å². The van der Waals surface area contributed by atoms with Crippen LogP contribution in [0.15, 0.2) is 47.3 Å². The molecule has 2 aromatic rings. The van der Waals surface area contributed by atoms with Crippen molar-refractivity contribution in [3.63, 3.8) is 0 Å². The Bertz CT molecular complexity index is 850. The third-order valence-corrected chi connectivity index (χ3v) is 5.51. The first-order chi connectivity index (χ1) is 13.5. The highest BCUT2D eigenvalue weighted by atomic mass is 19.3. The van der Waals surface area contributed by atoms with Gasteiger partial charge in [-0.25, -0.2) is 8.78 Å².